The molecule has 0 saturated heterocycles. The highest BCUT2D eigenvalue weighted by atomic mass is 16.5. The first-order valence-corrected chi connectivity index (χ1v) is 9.20. The lowest BCUT2D eigenvalue weighted by molar-refractivity contribution is -0.159. The molecule has 3 aromatic carbocycles. The Hall–Kier alpha value is -3.97. The maximum Gasteiger partial charge on any atom is 0.414 e. The largest absolute Gasteiger partial charge is 0.473 e. The lowest BCUT2D eigenvalue weighted by atomic mass is 10.0. The number of aliphatic carboxylic acids is 2. The quantitative estimate of drug-likeness (QED) is 0.432. The zero-order valence-corrected chi connectivity index (χ0v) is 16.0. The van der Waals surface area contributed by atoms with E-state index in [1.807, 2.05) is 30.3 Å². The van der Waals surface area contributed by atoms with Crippen LogP contribution in [-0.4, -0.2) is 27.3 Å². The van der Waals surface area contributed by atoms with Crippen LogP contribution >= 0.6 is 0 Å². The molecule has 0 saturated carbocycles. The van der Waals surface area contributed by atoms with Crippen molar-refractivity contribution in [3.8, 4) is 11.3 Å². The average molecular weight is 404 g/mol. The summed E-state index contributed by atoms with van der Waals surface area (Å²) in [5, 5.41) is 23.6. The number of carboxylic acid groups (broad SMARTS) is 2. The molecule has 0 bridgehead atoms. The number of rotatable bonds is 5. The molecule has 0 spiro atoms. The van der Waals surface area contributed by atoms with E-state index in [1.165, 1.54) is 11.1 Å². The van der Waals surface area contributed by atoms with Crippen molar-refractivity contribution in [2.24, 2.45) is 0 Å². The van der Waals surface area contributed by atoms with Gasteiger partial charge in [-0.25, -0.2) is 9.59 Å². The van der Waals surface area contributed by atoms with Crippen LogP contribution in [0.4, 0.5) is 0 Å². The number of hydrogen-bond donors (Lipinski definition) is 3. The first kappa shape index (κ1) is 20.8. The maximum absolute atomic E-state index is 9.10. The Labute approximate surface area is 172 Å². The Morgan fingerprint density at radius 3 is 2.17 bits per heavy atom. The molecule has 0 amide bonds. The van der Waals surface area contributed by atoms with Gasteiger partial charge in [0.1, 0.15) is 5.69 Å². The maximum atomic E-state index is 9.10. The molecule has 0 fully saturated rings. The summed E-state index contributed by atoms with van der Waals surface area (Å²) in [6.45, 7) is 1.63. The molecular formula is C23H20N2O5. The van der Waals surface area contributed by atoms with Crippen molar-refractivity contribution in [1.29, 1.82) is 0 Å². The van der Waals surface area contributed by atoms with Crippen LogP contribution in [0.1, 0.15) is 11.1 Å². The van der Waals surface area contributed by atoms with Gasteiger partial charge in [0.2, 0.25) is 0 Å². The third-order valence-electron chi connectivity index (χ3n) is 4.32. The highest BCUT2D eigenvalue weighted by Crippen LogP contribution is 2.30. The van der Waals surface area contributed by atoms with Gasteiger partial charge in [-0.15, -0.1) is 0 Å². The van der Waals surface area contributed by atoms with Gasteiger partial charge in [0.25, 0.3) is 0 Å². The minimum atomic E-state index is -1.82. The molecule has 3 N–H and O–H groups in total. The summed E-state index contributed by atoms with van der Waals surface area (Å²) in [7, 11) is 0. The minimum absolute atomic E-state index is 0.784. The third kappa shape index (κ3) is 5.30. The molecule has 7 nitrogen and oxygen atoms in total. The second kappa shape index (κ2) is 9.99. The highest BCUT2D eigenvalue weighted by Gasteiger charge is 2.13. The van der Waals surface area contributed by atoms with Gasteiger partial charge in [0.05, 0.1) is 0 Å². The molecule has 0 unspecified atom stereocenters. The van der Waals surface area contributed by atoms with Gasteiger partial charge < -0.3 is 20.1 Å². The molecule has 4 rings (SSSR count). The fourth-order valence-corrected chi connectivity index (χ4v) is 2.92. The van der Waals surface area contributed by atoms with Crippen molar-refractivity contribution >= 4 is 22.9 Å². The molecule has 1 heterocycles. The second-order valence-corrected chi connectivity index (χ2v) is 6.38. The molecule has 0 aliphatic rings. The van der Waals surface area contributed by atoms with Gasteiger partial charge in [-0.05, 0) is 23.3 Å². The van der Waals surface area contributed by atoms with E-state index in [1.54, 1.807) is 0 Å². The molecular weight excluding hydrogens is 384 g/mol. The van der Waals surface area contributed by atoms with Crippen LogP contribution in [0.2, 0.25) is 0 Å². The van der Waals surface area contributed by atoms with Crippen LogP contribution in [0.5, 0.6) is 0 Å². The van der Waals surface area contributed by atoms with Crippen molar-refractivity contribution in [2.75, 3.05) is 0 Å². The monoisotopic (exact) mass is 404 g/mol. The predicted molar refractivity (Wildman–Crippen MR) is 112 cm³/mol. The SMILES string of the molecule is O=C(O)C(=O)O.c1ccc(CNCc2ccccc2-c2noc3ccccc23)cc1. The van der Waals surface area contributed by atoms with Crippen LogP contribution in [0.25, 0.3) is 22.2 Å². The molecule has 4 aromatic rings. The van der Waals surface area contributed by atoms with Gasteiger partial charge in [-0.1, -0.05) is 71.9 Å². The summed E-state index contributed by atoms with van der Waals surface area (Å²) in [5.74, 6) is -3.65. The lowest BCUT2D eigenvalue weighted by Gasteiger charge is -2.09. The van der Waals surface area contributed by atoms with Gasteiger partial charge in [-0.2, -0.15) is 0 Å². The molecule has 0 radical (unpaired) electrons. The molecule has 1 aromatic heterocycles. The molecule has 0 atom stereocenters. The van der Waals surface area contributed by atoms with Crippen molar-refractivity contribution in [2.45, 2.75) is 13.1 Å². The number of benzene rings is 3. The number of nitrogens with one attached hydrogen (secondary N) is 1. The van der Waals surface area contributed by atoms with E-state index >= 15 is 0 Å². The summed E-state index contributed by atoms with van der Waals surface area (Å²) in [5.41, 5.74) is 5.33. The summed E-state index contributed by atoms with van der Waals surface area (Å²) in [6, 6.07) is 26.7. The number of carbonyl (C=O) groups is 2. The molecule has 152 valence electrons. The van der Waals surface area contributed by atoms with Gasteiger partial charge in [-0.3, -0.25) is 0 Å². The van der Waals surface area contributed by atoms with Crippen LogP contribution in [-0.2, 0) is 22.7 Å². The molecule has 7 heteroatoms. The standard InChI is InChI=1S/C21H18N2O.C2H2O4/c1-2-8-16(9-3-1)14-22-15-17-10-4-5-11-18(17)21-19-12-6-7-13-20(19)24-23-21;3-1(4)2(5)6/h1-13,22H,14-15H2;(H,3,4)(H,5,6). The van der Waals surface area contributed by atoms with E-state index in [-0.39, 0.29) is 0 Å². The average Bonchev–Trinajstić information content (AvgIpc) is 3.19. The van der Waals surface area contributed by atoms with Crippen molar-refractivity contribution in [1.82, 2.24) is 10.5 Å². The Morgan fingerprint density at radius 2 is 1.43 bits per heavy atom. The number of para-hydroxylation sites is 1. The second-order valence-electron chi connectivity index (χ2n) is 6.38. The fraction of sp³-hybridized carbons (Fsp3) is 0.0870. The number of nitrogens with zero attached hydrogens (tertiary/aromatic N) is 1. The smallest absolute Gasteiger partial charge is 0.414 e. The van der Waals surface area contributed by atoms with E-state index in [9.17, 15) is 0 Å². The lowest BCUT2D eigenvalue weighted by Crippen LogP contribution is -2.13. The van der Waals surface area contributed by atoms with Crippen molar-refractivity contribution in [3.05, 3.63) is 90.0 Å². The Bertz CT molecular complexity index is 1130. The highest BCUT2D eigenvalue weighted by molar-refractivity contribution is 6.27. The zero-order valence-electron chi connectivity index (χ0n) is 16.0. The van der Waals surface area contributed by atoms with Gasteiger partial charge in [0.15, 0.2) is 5.58 Å². The number of carboxylic acids is 2. The van der Waals surface area contributed by atoms with E-state index < -0.39 is 11.9 Å². The first-order chi connectivity index (χ1) is 14.6. The van der Waals surface area contributed by atoms with E-state index in [2.05, 4.69) is 59.0 Å². The van der Waals surface area contributed by atoms with E-state index in [0.717, 1.165) is 35.3 Å². The van der Waals surface area contributed by atoms with Gasteiger partial charge >= 0.3 is 11.9 Å². The number of hydrogen-bond acceptors (Lipinski definition) is 5. The number of fused-ring (bicyclic) bond motifs is 1. The first-order valence-electron chi connectivity index (χ1n) is 9.20. The minimum Gasteiger partial charge on any atom is -0.473 e. The van der Waals surface area contributed by atoms with Gasteiger partial charge in [0, 0.05) is 24.0 Å². The summed E-state index contributed by atoms with van der Waals surface area (Å²) in [6.07, 6.45) is 0. The topological polar surface area (TPSA) is 113 Å². The molecule has 0 aliphatic carbocycles. The van der Waals surface area contributed by atoms with Crippen molar-refractivity contribution in [3.63, 3.8) is 0 Å². The number of aromatic nitrogens is 1. The summed E-state index contributed by atoms with van der Waals surface area (Å²) >= 11 is 0. The van der Waals surface area contributed by atoms with Crippen LogP contribution in [0.15, 0.2) is 83.4 Å². The van der Waals surface area contributed by atoms with Crippen molar-refractivity contribution < 1.29 is 24.3 Å². The van der Waals surface area contributed by atoms with Crippen LogP contribution < -0.4 is 5.32 Å². The normalized spacial score (nSPS) is 10.3. The zero-order chi connectivity index (χ0) is 21.3. The Kier molecular flexibility index (Phi) is 6.91. The molecule has 0 aliphatic heterocycles. The third-order valence-corrected chi connectivity index (χ3v) is 4.32. The van der Waals surface area contributed by atoms with E-state index in [4.69, 9.17) is 24.3 Å². The predicted octanol–water partition coefficient (Wildman–Crippen LogP) is 3.94. The van der Waals surface area contributed by atoms with Crippen LogP contribution in [0, 0.1) is 0 Å². The fourth-order valence-electron chi connectivity index (χ4n) is 2.92. The van der Waals surface area contributed by atoms with Crippen LogP contribution in [0.3, 0.4) is 0 Å². The molecule has 30 heavy (non-hydrogen) atoms. The Morgan fingerprint density at radius 1 is 0.800 bits per heavy atom. The Balaban J connectivity index is 0.000000377. The summed E-state index contributed by atoms with van der Waals surface area (Å²) in [4.78, 5) is 18.2. The van der Waals surface area contributed by atoms with E-state index in [0.29, 0.717) is 0 Å². The summed E-state index contributed by atoms with van der Waals surface area (Å²) < 4.78 is 5.46.